The lowest BCUT2D eigenvalue weighted by atomic mass is 10.0. The van der Waals surface area contributed by atoms with E-state index in [0.717, 1.165) is 23.7 Å². The summed E-state index contributed by atoms with van der Waals surface area (Å²) in [6.07, 6.45) is 2.94. The van der Waals surface area contributed by atoms with Crippen molar-refractivity contribution in [2.45, 2.75) is 39.8 Å². The maximum Gasteiger partial charge on any atom is 0.140 e. The number of nitrogens with one attached hydrogen (secondary N) is 1. The van der Waals surface area contributed by atoms with Gasteiger partial charge in [0.05, 0.1) is 0 Å². The normalized spacial score (nSPS) is 12.3. The van der Waals surface area contributed by atoms with Crippen molar-refractivity contribution in [3.63, 3.8) is 0 Å². The molecule has 0 aliphatic carbocycles. The molecule has 1 heterocycles. The number of rotatable bonds is 7. The molecule has 0 radical (unpaired) electrons. The average Bonchev–Trinajstić information content (AvgIpc) is 2.96. The second kappa shape index (κ2) is 7.41. The molecule has 0 aliphatic rings. The Morgan fingerprint density at radius 2 is 2.25 bits per heavy atom. The SMILES string of the molecule is CCCNC(C)c1cc(C)ccc1OCc1nccs1. The predicted molar refractivity (Wildman–Crippen MR) is 84.3 cm³/mol. The molecule has 1 aromatic heterocycles. The van der Waals surface area contributed by atoms with E-state index in [1.807, 2.05) is 11.6 Å². The highest BCUT2D eigenvalue weighted by Crippen LogP contribution is 2.27. The molecule has 1 unspecified atom stereocenters. The zero-order valence-electron chi connectivity index (χ0n) is 12.3. The van der Waals surface area contributed by atoms with Crippen molar-refractivity contribution in [1.82, 2.24) is 10.3 Å². The first-order valence-electron chi connectivity index (χ1n) is 7.05. The van der Waals surface area contributed by atoms with Crippen LogP contribution in [0, 0.1) is 6.92 Å². The van der Waals surface area contributed by atoms with E-state index < -0.39 is 0 Å². The number of aryl methyl sites for hydroxylation is 1. The van der Waals surface area contributed by atoms with Crippen molar-refractivity contribution in [3.05, 3.63) is 45.9 Å². The van der Waals surface area contributed by atoms with E-state index in [2.05, 4.69) is 49.3 Å². The molecular weight excluding hydrogens is 268 g/mol. The van der Waals surface area contributed by atoms with Crippen molar-refractivity contribution in [1.29, 1.82) is 0 Å². The van der Waals surface area contributed by atoms with E-state index >= 15 is 0 Å². The maximum atomic E-state index is 5.95. The highest BCUT2D eigenvalue weighted by Gasteiger charge is 2.12. The summed E-state index contributed by atoms with van der Waals surface area (Å²) >= 11 is 1.62. The van der Waals surface area contributed by atoms with Gasteiger partial charge in [-0.15, -0.1) is 11.3 Å². The topological polar surface area (TPSA) is 34.1 Å². The van der Waals surface area contributed by atoms with Gasteiger partial charge in [0.2, 0.25) is 0 Å². The summed E-state index contributed by atoms with van der Waals surface area (Å²) in [7, 11) is 0. The third-order valence-corrected chi connectivity index (χ3v) is 3.92. The van der Waals surface area contributed by atoms with Gasteiger partial charge in [-0.3, -0.25) is 0 Å². The van der Waals surface area contributed by atoms with Crippen molar-refractivity contribution in [2.75, 3.05) is 6.54 Å². The van der Waals surface area contributed by atoms with Gasteiger partial charge in [-0.2, -0.15) is 0 Å². The first kappa shape index (κ1) is 15.0. The molecule has 0 amide bonds. The molecule has 1 aromatic carbocycles. The third-order valence-electron chi connectivity index (χ3n) is 3.17. The summed E-state index contributed by atoms with van der Waals surface area (Å²) in [4.78, 5) is 4.25. The van der Waals surface area contributed by atoms with Crippen LogP contribution in [0.15, 0.2) is 29.8 Å². The van der Waals surface area contributed by atoms with Crippen molar-refractivity contribution in [2.24, 2.45) is 0 Å². The van der Waals surface area contributed by atoms with E-state index in [4.69, 9.17) is 4.74 Å². The Morgan fingerprint density at radius 3 is 2.95 bits per heavy atom. The smallest absolute Gasteiger partial charge is 0.140 e. The number of thiazole rings is 1. The van der Waals surface area contributed by atoms with E-state index in [-0.39, 0.29) is 0 Å². The minimum atomic E-state index is 0.293. The van der Waals surface area contributed by atoms with E-state index in [9.17, 15) is 0 Å². The van der Waals surface area contributed by atoms with Gasteiger partial charge in [-0.05, 0) is 32.9 Å². The first-order chi connectivity index (χ1) is 9.70. The monoisotopic (exact) mass is 290 g/mol. The first-order valence-corrected chi connectivity index (χ1v) is 7.93. The zero-order valence-corrected chi connectivity index (χ0v) is 13.2. The molecule has 3 nitrogen and oxygen atoms in total. The van der Waals surface area contributed by atoms with Crippen LogP contribution in [0.1, 0.15) is 42.4 Å². The Bertz CT molecular complexity index is 525. The van der Waals surface area contributed by atoms with E-state index in [1.165, 1.54) is 11.1 Å². The molecular formula is C16H22N2OS. The molecule has 0 spiro atoms. The molecule has 1 atom stereocenters. The van der Waals surface area contributed by atoms with Gasteiger partial charge in [0, 0.05) is 23.2 Å². The van der Waals surface area contributed by atoms with Gasteiger partial charge in [-0.1, -0.05) is 24.6 Å². The van der Waals surface area contributed by atoms with Crippen LogP contribution in [0.5, 0.6) is 5.75 Å². The van der Waals surface area contributed by atoms with Crippen LogP contribution in [0.25, 0.3) is 0 Å². The van der Waals surface area contributed by atoms with Crippen LogP contribution in [-0.2, 0) is 6.61 Å². The van der Waals surface area contributed by atoms with Crippen LogP contribution >= 0.6 is 11.3 Å². The highest BCUT2D eigenvalue weighted by molar-refractivity contribution is 7.09. The molecule has 0 saturated carbocycles. The summed E-state index contributed by atoms with van der Waals surface area (Å²) in [5.41, 5.74) is 2.47. The maximum absolute atomic E-state index is 5.95. The molecule has 1 N–H and O–H groups in total. The molecule has 108 valence electrons. The number of ether oxygens (including phenoxy) is 1. The van der Waals surface area contributed by atoms with Crippen molar-refractivity contribution >= 4 is 11.3 Å². The Labute approximate surface area is 125 Å². The summed E-state index contributed by atoms with van der Waals surface area (Å²) in [6.45, 7) is 8.02. The summed E-state index contributed by atoms with van der Waals surface area (Å²) in [5, 5.41) is 6.49. The standard InChI is InChI=1S/C16H22N2OS/c1-4-7-17-13(3)14-10-12(2)5-6-15(14)19-11-16-18-8-9-20-16/h5-6,8-10,13,17H,4,7,11H2,1-3H3. The van der Waals surface area contributed by atoms with Crippen molar-refractivity contribution < 1.29 is 4.74 Å². The molecule has 4 heteroatoms. The second-order valence-corrected chi connectivity index (χ2v) is 5.91. The lowest BCUT2D eigenvalue weighted by molar-refractivity contribution is 0.299. The molecule has 20 heavy (non-hydrogen) atoms. The van der Waals surface area contributed by atoms with Gasteiger partial charge < -0.3 is 10.1 Å². The third kappa shape index (κ3) is 4.05. The number of nitrogens with zero attached hydrogens (tertiary/aromatic N) is 1. The summed E-state index contributed by atoms with van der Waals surface area (Å²) in [5.74, 6) is 0.946. The van der Waals surface area contributed by atoms with E-state index in [0.29, 0.717) is 12.6 Å². The van der Waals surface area contributed by atoms with Crippen LogP contribution in [0.2, 0.25) is 0 Å². The van der Waals surface area contributed by atoms with Gasteiger partial charge in [-0.25, -0.2) is 4.98 Å². The number of aromatic nitrogens is 1. The fourth-order valence-corrected chi connectivity index (χ4v) is 2.60. The molecule has 2 aromatic rings. The minimum absolute atomic E-state index is 0.293. The second-order valence-electron chi connectivity index (χ2n) is 4.93. The lowest BCUT2D eigenvalue weighted by Crippen LogP contribution is -2.20. The number of hydrogen-bond donors (Lipinski definition) is 1. The van der Waals surface area contributed by atoms with Gasteiger partial charge >= 0.3 is 0 Å². The quantitative estimate of drug-likeness (QED) is 0.834. The predicted octanol–water partition coefficient (Wildman–Crippen LogP) is 4.09. The zero-order chi connectivity index (χ0) is 14.4. The Balaban J connectivity index is 2.10. The average molecular weight is 290 g/mol. The van der Waals surface area contributed by atoms with Crippen LogP contribution in [0.4, 0.5) is 0 Å². The lowest BCUT2D eigenvalue weighted by Gasteiger charge is -2.18. The Kier molecular flexibility index (Phi) is 5.56. The van der Waals surface area contributed by atoms with Crippen LogP contribution in [-0.4, -0.2) is 11.5 Å². The molecule has 0 aliphatic heterocycles. The fraction of sp³-hybridized carbons (Fsp3) is 0.438. The number of benzene rings is 1. The minimum Gasteiger partial charge on any atom is -0.486 e. The van der Waals surface area contributed by atoms with Gasteiger partial charge in [0.25, 0.3) is 0 Å². The molecule has 0 saturated heterocycles. The molecule has 2 rings (SSSR count). The van der Waals surface area contributed by atoms with Crippen molar-refractivity contribution in [3.8, 4) is 5.75 Å². The molecule has 0 bridgehead atoms. The summed E-state index contributed by atoms with van der Waals surface area (Å²) < 4.78 is 5.95. The summed E-state index contributed by atoms with van der Waals surface area (Å²) in [6, 6.07) is 6.64. The highest BCUT2D eigenvalue weighted by atomic mass is 32.1. The van der Waals surface area contributed by atoms with E-state index in [1.54, 1.807) is 11.3 Å². The van der Waals surface area contributed by atoms with Crippen LogP contribution < -0.4 is 10.1 Å². The Morgan fingerprint density at radius 1 is 1.40 bits per heavy atom. The Hall–Kier alpha value is -1.39. The van der Waals surface area contributed by atoms with Crippen LogP contribution in [0.3, 0.4) is 0 Å². The molecule has 0 fully saturated rings. The number of hydrogen-bond acceptors (Lipinski definition) is 4. The van der Waals surface area contributed by atoms with Gasteiger partial charge in [0.15, 0.2) is 0 Å². The fourth-order valence-electron chi connectivity index (χ4n) is 2.07. The largest absolute Gasteiger partial charge is 0.486 e. The van der Waals surface area contributed by atoms with Gasteiger partial charge in [0.1, 0.15) is 17.4 Å².